The van der Waals surface area contributed by atoms with Crippen LogP contribution in [0.25, 0.3) is 0 Å². The summed E-state index contributed by atoms with van der Waals surface area (Å²) < 4.78 is 2.07. The maximum absolute atomic E-state index is 5.72. The van der Waals surface area contributed by atoms with Crippen LogP contribution in [0.3, 0.4) is 0 Å². The lowest BCUT2D eigenvalue weighted by atomic mass is 9.79. The zero-order valence-electron chi connectivity index (χ0n) is 12.8. The van der Waals surface area contributed by atoms with E-state index in [0.717, 1.165) is 17.9 Å². The maximum atomic E-state index is 5.72. The smallest absolute Gasteiger partial charge is 0.145 e. The summed E-state index contributed by atoms with van der Waals surface area (Å²) in [6.07, 6.45) is 8.65. The first kappa shape index (κ1) is 13.9. The van der Waals surface area contributed by atoms with Crippen LogP contribution < -0.4 is 5.73 Å². The van der Waals surface area contributed by atoms with Gasteiger partial charge in [0.1, 0.15) is 5.82 Å². The molecule has 1 aliphatic carbocycles. The molecule has 0 spiro atoms. The molecule has 0 aromatic carbocycles. The molecule has 1 saturated heterocycles. The van der Waals surface area contributed by atoms with Gasteiger partial charge in [-0.05, 0) is 50.0 Å². The second kappa shape index (κ2) is 5.76. The Bertz CT molecular complexity index is 423. The summed E-state index contributed by atoms with van der Waals surface area (Å²) in [4.78, 5) is 2.73. The molecule has 0 amide bonds. The van der Waals surface area contributed by atoms with Crippen molar-refractivity contribution in [3.63, 3.8) is 0 Å². The van der Waals surface area contributed by atoms with Crippen molar-refractivity contribution in [2.45, 2.75) is 58.0 Å². The minimum absolute atomic E-state index is 0.544. The largest absolute Gasteiger partial charge is 0.382 e. The molecule has 4 nitrogen and oxygen atoms in total. The lowest BCUT2D eigenvalue weighted by Crippen LogP contribution is -2.45. The molecule has 4 heteroatoms. The number of nitrogens with zero attached hydrogens (tertiary/aromatic N) is 3. The Hall–Kier alpha value is -1.03. The third kappa shape index (κ3) is 3.00. The average molecular weight is 276 g/mol. The van der Waals surface area contributed by atoms with E-state index >= 15 is 0 Å². The molecular formula is C16H28N4. The summed E-state index contributed by atoms with van der Waals surface area (Å²) in [5, 5.41) is 4.37. The highest BCUT2D eigenvalue weighted by molar-refractivity contribution is 5.24. The number of hydrogen-bond acceptors (Lipinski definition) is 3. The van der Waals surface area contributed by atoms with E-state index in [9.17, 15) is 0 Å². The molecular weight excluding hydrogens is 248 g/mol. The molecule has 2 fully saturated rings. The third-order valence-corrected chi connectivity index (χ3v) is 5.17. The Labute approximate surface area is 122 Å². The Morgan fingerprint density at radius 2 is 1.70 bits per heavy atom. The fraction of sp³-hybridized carbons (Fsp3) is 0.812. The average Bonchev–Trinajstić information content (AvgIpc) is 2.84. The van der Waals surface area contributed by atoms with Gasteiger partial charge in [0.15, 0.2) is 0 Å². The van der Waals surface area contributed by atoms with Crippen molar-refractivity contribution in [3.8, 4) is 0 Å². The molecule has 20 heavy (non-hydrogen) atoms. The highest BCUT2D eigenvalue weighted by atomic mass is 15.3. The van der Waals surface area contributed by atoms with Gasteiger partial charge in [-0.15, -0.1) is 0 Å². The van der Waals surface area contributed by atoms with Crippen molar-refractivity contribution in [1.82, 2.24) is 14.7 Å². The lowest BCUT2D eigenvalue weighted by Gasteiger charge is -2.42. The minimum Gasteiger partial charge on any atom is -0.382 e. The van der Waals surface area contributed by atoms with E-state index in [1.807, 2.05) is 12.3 Å². The number of nitrogen functional groups attached to an aromatic ring is 1. The van der Waals surface area contributed by atoms with Gasteiger partial charge in [-0.3, -0.25) is 4.68 Å². The first-order chi connectivity index (χ1) is 9.61. The Morgan fingerprint density at radius 3 is 2.25 bits per heavy atom. The first-order valence-corrected chi connectivity index (χ1v) is 8.16. The normalized spacial score (nSPS) is 33.4. The van der Waals surface area contributed by atoms with E-state index < -0.39 is 0 Å². The SMILES string of the molecule is CC1CC(C)CC(N2CCC(n3ccc(N)n3)CC2)C1. The number of likely N-dealkylation sites (tertiary alicyclic amines) is 1. The van der Waals surface area contributed by atoms with Crippen molar-refractivity contribution in [1.29, 1.82) is 0 Å². The van der Waals surface area contributed by atoms with Gasteiger partial charge in [0.2, 0.25) is 0 Å². The lowest BCUT2D eigenvalue weighted by molar-refractivity contribution is 0.0754. The first-order valence-electron chi connectivity index (χ1n) is 8.16. The summed E-state index contributed by atoms with van der Waals surface area (Å²) in [5.74, 6) is 2.43. The summed E-state index contributed by atoms with van der Waals surface area (Å²) in [6.45, 7) is 7.27. The van der Waals surface area contributed by atoms with Gasteiger partial charge >= 0.3 is 0 Å². The molecule has 2 N–H and O–H groups in total. The molecule has 2 atom stereocenters. The number of hydrogen-bond donors (Lipinski definition) is 1. The van der Waals surface area contributed by atoms with Crippen LogP contribution in [0, 0.1) is 11.8 Å². The van der Waals surface area contributed by atoms with Crippen LogP contribution in [-0.2, 0) is 0 Å². The molecule has 0 radical (unpaired) electrons. The van der Waals surface area contributed by atoms with E-state index in [2.05, 4.69) is 28.5 Å². The molecule has 0 bridgehead atoms. The Morgan fingerprint density at radius 1 is 1.05 bits per heavy atom. The van der Waals surface area contributed by atoms with Crippen LogP contribution in [0.15, 0.2) is 12.3 Å². The molecule has 1 aromatic rings. The topological polar surface area (TPSA) is 47.1 Å². The summed E-state index contributed by atoms with van der Waals surface area (Å²) >= 11 is 0. The molecule has 1 saturated carbocycles. The van der Waals surface area contributed by atoms with Gasteiger partial charge < -0.3 is 10.6 Å². The maximum Gasteiger partial charge on any atom is 0.145 e. The second-order valence-electron chi connectivity index (χ2n) is 7.06. The number of aromatic nitrogens is 2. The fourth-order valence-corrected chi connectivity index (χ4v) is 4.27. The van der Waals surface area contributed by atoms with E-state index in [-0.39, 0.29) is 0 Å². The van der Waals surface area contributed by atoms with E-state index in [1.54, 1.807) is 0 Å². The van der Waals surface area contributed by atoms with Gasteiger partial charge in [-0.25, -0.2) is 0 Å². The Kier molecular flexibility index (Phi) is 4.01. The molecule has 112 valence electrons. The molecule has 2 aliphatic rings. The number of nitrogens with two attached hydrogens (primary N) is 1. The van der Waals surface area contributed by atoms with Crippen LogP contribution in [0.1, 0.15) is 52.0 Å². The highest BCUT2D eigenvalue weighted by Crippen LogP contribution is 2.34. The standard InChI is InChI=1S/C16H28N4/c1-12-9-13(2)11-15(10-12)19-6-3-14(4-7-19)20-8-5-16(17)18-20/h5,8,12-15H,3-4,6-7,9-11H2,1-2H3,(H2,17,18). The van der Waals surface area contributed by atoms with E-state index in [0.29, 0.717) is 11.9 Å². The van der Waals surface area contributed by atoms with E-state index in [4.69, 9.17) is 5.73 Å². The predicted octanol–water partition coefficient (Wildman–Crippen LogP) is 2.93. The monoisotopic (exact) mass is 276 g/mol. The molecule has 2 unspecified atom stereocenters. The Balaban J connectivity index is 1.55. The molecule has 2 heterocycles. The molecule has 1 aromatic heterocycles. The zero-order chi connectivity index (χ0) is 14.1. The second-order valence-corrected chi connectivity index (χ2v) is 7.06. The zero-order valence-corrected chi connectivity index (χ0v) is 12.8. The van der Waals surface area contributed by atoms with Gasteiger partial charge in [0.25, 0.3) is 0 Å². The van der Waals surface area contributed by atoms with Gasteiger partial charge in [-0.2, -0.15) is 5.10 Å². The van der Waals surface area contributed by atoms with E-state index in [1.165, 1.54) is 45.2 Å². The van der Waals surface area contributed by atoms with Crippen molar-refractivity contribution in [2.24, 2.45) is 11.8 Å². The highest BCUT2D eigenvalue weighted by Gasteiger charge is 2.31. The summed E-state index contributed by atoms with van der Waals surface area (Å²) in [5.41, 5.74) is 5.72. The van der Waals surface area contributed by atoms with Crippen LogP contribution in [0.2, 0.25) is 0 Å². The van der Waals surface area contributed by atoms with Crippen molar-refractivity contribution in [3.05, 3.63) is 12.3 Å². The van der Waals surface area contributed by atoms with Crippen LogP contribution in [0.5, 0.6) is 0 Å². The van der Waals surface area contributed by atoms with Crippen LogP contribution in [-0.4, -0.2) is 33.8 Å². The molecule has 3 rings (SSSR count). The predicted molar refractivity (Wildman–Crippen MR) is 82.5 cm³/mol. The fourth-order valence-electron chi connectivity index (χ4n) is 4.27. The van der Waals surface area contributed by atoms with Crippen molar-refractivity contribution < 1.29 is 0 Å². The van der Waals surface area contributed by atoms with Gasteiger partial charge in [0, 0.05) is 25.3 Å². The summed E-state index contributed by atoms with van der Waals surface area (Å²) in [6, 6.07) is 3.26. The number of rotatable bonds is 2. The van der Waals surface area contributed by atoms with Crippen LogP contribution >= 0.6 is 0 Å². The minimum atomic E-state index is 0.544. The number of anilines is 1. The van der Waals surface area contributed by atoms with Gasteiger partial charge in [0.05, 0.1) is 6.04 Å². The van der Waals surface area contributed by atoms with Gasteiger partial charge in [-0.1, -0.05) is 13.8 Å². The molecule has 1 aliphatic heterocycles. The van der Waals surface area contributed by atoms with Crippen molar-refractivity contribution in [2.75, 3.05) is 18.8 Å². The summed E-state index contributed by atoms with van der Waals surface area (Å²) in [7, 11) is 0. The quantitative estimate of drug-likeness (QED) is 0.903. The van der Waals surface area contributed by atoms with Crippen molar-refractivity contribution >= 4 is 5.82 Å². The number of piperidine rings is 1. The third-order valence-electron chi connectivity index (χ3n) is 5.17. The van der Waals surface area contributed by atoms with Crippen LogP contribution in [0.4, 0.5) is 5.82 Å².